The van der Waals surface area contributed by atoms with E-state index >= 15 is 0 Å². The summed E-state index contributed by atoms with van der Waals surface area (Å²) in [4.78, 5) is 17.9. The maximum Gasteiger partial charge on any atom is 0.262 e. The molecule has 0 aliphatic heterocycles. The summed E-state index contributed by atoms with van der Waals surface area (Å²) in [6.45, 7) is 1.94. The van der Waals surface area contributed by atoms with Crippen molar-refractivity contribution in [3.63, 3.8) is 0 Å². The van der Waals surface area contributed by atoms with E-state index < -0.39 is 0 Å². The van der Waals surface area contributed by atoms with E-state index in [-0.39, 0.29) is 5.91 Å². The van der Waals surface area contributed by atoms with Crippen LogP contribution in [0.15, 0.2) is 47.0 Å². The number of ether oxygens (including phenoxy) is 1. The van der Waals surface area contributed by atoms with Crippen LogP contribution in [0, 0.1) is 6.92 Å². The minimum Gasteiger partial charge on any atom is -0.497 e. The second-order valence-corrected chi connectivity index (χ2v) is 8.03. The van der Waals surface area contributed by atoms with E-state index in [9.17, 15) is 4.79 Å². The van der Waals surface area contributed by atoms with Crippen molar-refractivity contribution in [3.8, 4) is 5.75 Å². The zero-order chi connectivity index (χ0) is 20.8. The largest absolute Gasteiger partial charge is 0.497 e. The van der Waals surface area contributed by atoms with Crippen molar-refractivity contribution >= 4 is 28.4 Å². The maximum atomic E-state index is 13.4. The summed E-state index contributed by atoms with van der Waals surface area (Å²) in [7, 11) is 1.63. The van der Waals surface area contributed by atoms with Gasteiger partial charge < -0.3 is 9.26 Å². The molecule has 2 heterocycles. The van der Waals surface area contributed by atoms with Gasteiger partial charge in [0, 0.05) is 27.6 Å². The number of halogens is 1. The molecule has 0 amide bonds. The standard InChI is InChI=1S/C23H20ClN3O3/c1-13-18(12-21-25-22(26-30-21)14-3-4-14)19-11-17(29-2)9-10-20(19)27(13)23(28)15-5-7-16(24)8-6-15/h5-11,14H,3-4,12H2,1-2H3. The van der Waals surface area contributed by atoms with Gasteiger partial charge in [-0.3, -0.25) is 9.36 Å². The molecule has 1 fully saturated rings. The molecule has 7 heteroatoms. The molecule has 0 radical (unpaired) electrons. The monoisotopic (exact) mass is 421 g/mol. The third-order valence-corrected chi connectivity index (χ3v) is 5.84. The minimum atomic E-state index is -0.116. The fraction of sp³-hybridized carbons (Fsp3) is 0.261. The molecule has 0 saturated heterocycles. The molecule has 5 rings (SSSR count). The van der Waals surface area contributed by atoms with Crippen LogP contribution >= 0.6 is 11.6 Å². The van der Waals surface area contributed by atoms with Crippen molar-refractivity contribution < 1.29 is 14.1 Å². The lowest BCUT2D eigenvalue weighted by molar-refractivity contribution is 0.0963. The Balaban J connectivity index is 1.62. The highest BCUT2D eigenvalue weighted by Gasteiger charge is 2.29. The summed E-state index contributed by atoms with van der Waals surface area (Å²) in [6.07, 6.45) is 2.68. The van der Waals surface area contributed by atoms with Gasteiger partial charge in [-0.05, 0) is 67.8 Å². The van der Waals surface area contributed by atoms with Crippen LogP contribution in [0.3, 0.4) is 0 Å². The lowest BCUT2D eigenvalue weighted by atomic mass is 10.1. The summed E-state index contributed by atoms with van der Waals surface area (Å²) in [6, 6.07) is 12.6. The topological polar surface area (TPSA) is 70.2 Å². The Labute approximate surface area is 178 Å². The van der Waals surface area contributed by atoms with Gasteiger partial charge in [-0.1, -0.05) is 16.8 Å². The first-order chi connectivity index (χ1) is 14.5. The molecular weight excluding hydrogens is 402 g/mol. The van der Waals surface area contributed by atoms with Crippen LogP contribution in [-0.2, 0) is 6.42 Å². The van der Waals surface area contributed by atoms with E-state index in [4.69, 9.17) is 20.9 Å². The molecule has 2 aromatic carbocycles. The number of hydrogen-bond acceptors (Lipinski definition) is 5. The number of carbonyl (C=O) groups is 1. The number of benzene rings is 2. The van der Waals surface area contributed by atoms with Crippen LogP contribution in [0.4, 0.5) is 0 Å². The average molecular weight is 422 g/mol. The van der Waals surface area contributed by atoms with Crippen LogP contribution < -0.4 is 4.74 Å². The van der Waals surface area contributed by atoms with E-state index in [1.54, 1.807) is 35.9 Å². The normalized spacial score (nSPS) is 13.7. The van der Waals surface area contributed by atoms with Gasteiger partial charge >= 0.3 is 0 Å². The summed E-state index contributed by atoms with van der Waals surface area (Å²) >= 11 is 5.99. The van der Waals surface area contributed by atoms with Crippen molar-refractivity contribution in [2.24, 2.45) is 0 Å². The second kappa shape index (κ2) is 7.29. The lowest BCUT2D eigenvalue weighted by Gasteiger charge is -2.08. The molecule has 1 aliphatic carbocycles. The lowest BCUT2D eigenvalue weighted by Crippen LogP contribution is -2.13. The highest BCUT2D eigenvalue weighted by Crippen LogP contribution is 2.38. The molecule has 0 unspecified atom stereocenters. The predicted molar refractivity (Wildman–Crippen MR) is 113 cm³/mol. The highest BCUT2D eigenvalue weighted by atomic mass is 35.5. The molecule has 0 atom stereocenters. The van der Waals surface area contributed by atoms with E-state index in [1.165, 1.54) is 0 Å². The number of hydrogen-bond donors (Lipinski definition) is 0. The molecule has 4 aromatic rings. The number of methoxy groups -OCH3 is 1. The van der Waals surface area contributed by atoms with E-state index in [2.05, 4.69) is 10.1 Å². The van der Waals surface area contributed by atoms with E-state index in [1.807, 2.05) is 25.1 Å². The van der Waals surface area contributed by atoms with Gasteiger partial charge in [0.2, 0.25) is 5.89 Å². The van der Waals surface area contributed by atoms with Crippen molar-refractivity contribution in [2.75, 3.05) is 7.11 Å². The van der Waals surface area contributed by atoms with Crippen LogP contribution in [0.5, 0.6) is 5.75 Å². The quantitative estimate of drug-likeness (QED) is 0.445. The zero-order valence-corrected chi connectivity index (χ0v) is 17.4. The molecule has 1 saturated carbocycles. The Hall–Kier alpha value is -3.12. The molecule has 2 aromatic heterocycles. The Kier molecular flexibility index (Phi) is 4.59. The van der Waals surface area contributed by atoms with Gasteiger partial charge in [-0.25, -0.2) is 0 Å². The SMILES string of the molecule is COc1ccc2c(c1)c(Cc1nc(C3CC3)no1)c(C)n2C(=O)c1ccc(Cl)cc1. The zero-order valence-electron chi connectivity index (χ0n) is 16.7. The summed E-state index contributed by atoms with van der Waals surface area (Å²) in [5, 5.41) is 5.64. The maximum absolute atomic E-state index is 13.4. The predicted octanol–water partition coefficient (Wildman–Crippen LogP) is 5.15. The Bertz CT molecular complexity index is 1250. The molecule has 0 N–H and O–H groups in total. The third-order valence-electron chi connectivity index (χ3n) is 5.59. The number of rotatable bonds is 5. The third kappa shape index (κ3) is 3.27. The van der Waals surface area contributed by atoms with E-state index in [0.717, 1.165) is 46.6 Å². The van der Waals surface area contributed by atoms with Crippen LogP contribution in [0.25, 0.3) is 10.9 Å². The van der Waals surface area contributed by atoms with Crippen molar-refractivity contribution in [1.82, 2.24) is 14.7 Å². The van der Waals surface area contributed by atoms with Crippen LogP contribution in [-0.4, -0.2) is 27.7 Å². The van der Waals surface area contributed by atoms with Gasteiger partial charge in [0.25, 0.3) is 5.91 Å². The van der Waals surface area contributed by atoms with Gasteiger partial charge in [0.15, 0.2) is 5.82 Å². The molecular formula is C23H20ClN3O3. The number of aromatic nitrogens is 3. The fourth-order valence-corrected chi connectivity index (χ4v) is 3.92. The highest BCUT2D eigenvalue weighted by molar-refractivity contribution is 6.30. The average Bonchev–Trinajstić information content (AvgIpc) is 3.44. The number of nitrogens with zero attached hydrogens (tertiary/aromatic N) is 3. The van der Waals surface area contributed by atoms with Crippen molar-refractivity contribution in [1.29, 1.82) is 0 Å². The second-order valence-electron chi connectivity index (χ2n) is 7.59. The van der Waals surface area contributed by atoms with Gasteiger partial charge in [0.05, 0.1) is 19.0 Å². The van der Waals surface area contributed by atoms with Crippen molar-refractivity contribution in [2.45, 2.75) is 32.1 Å². The number of carbonyl (C=O) groups excluding carboxylic acids is 1. The molecule has 30 heavy (non-hydrogen) atoms. The van der Waals surface area contributed by atoms with Gasteiger partial charge in [0.1, 0.15) is 5.75 Å². The first-order valence-electron chi connectivity index (χ1n) is 9.86. The van der Waals surface area contributed by atoms with Crippen LogP contribution in [0.2, 0.25) is 5.02 Å². The first kappa shape index (κ1) is 18.9. The molecule has 1 aliphatic rings. The summed E-state index contributed by atoms with van der Waals surface area (Å²) in [5.74, 6) is 2.37. The Morgan fingerprint density at radius 2 is 2.00 bits per heavy atom. The smallest absolute Gasteiger partial charge is 0.262 e. The van der Waals surface area contributed by atoms with Crippen LogP contribution in [0.1, 0.15) is 52.1 Å². The fourth-order valence-electron chi connectivity index (χ4n) is 3.79. The van der Waals surface area contributed by atoms with Gasteiger partial charge in [-0.15, -0.1) is 0 Å². The first-order valence-corrected chi connectivity index (χ1v) is 10.2. The molecule has 152 valence electrons. The van der Waals surface area contributed by atoms with Crippen molar-refractivity contribution in [3.05, 3.63) is 76.0 Å². The summed E-state index contributed by atoms with van der Waals surface area (Å²) < 4.78 is 12.6. The molecule has 6 nitrogen and oxygen atoms in total. The van der Waals surface area contributed by atoms with E-state index in [0.29, 0.717) is 28.8 Å². The van der Waals surface area contributed by atoms with Gasteiger partial charge in [-0.2, -0.15) is 4.98 Å². The Morgan fingerprint density at radius 1 is 1.23 bits per heavy atom. The summed E-state index contributed by atoms with van der Waals surface area (Å²) in [5.41, 5.74) is 3.18. The minimum absolute atomic E-state index is 0.116. The molecule has 0 spiro atoms. The Morgan fingerprint density at radius 3 is 2.70 bits per heavy atom. The number of fused-ring (bicyclic) bond motifs is 1. The molecule has 0 bridgehead atoms.